The Hall–Kier alpha value is -3.65. The van der Waals surface area contributed by atoms with Crippen LogP contribution in [-0.2, 0) is 13.6 Å². The zero-order valence-electron chi connectivity index (χ0n) is 18.3. The summed E-state index contributed by atoms with van der Waals surface area (Å²) in [5.74, 6) is 0.751. The van der Waals surface area contributed by atoms with E-state index in [1.165, 1.54) is 0 Å². The van der Waals surface area contributed by atoms with Crippen molar-refractivity contribution in [3.63, 3.8) is 0 Å². The second-order valence-electron chi connectivity index (χ2n) is 7.99. The Balaban J connectivity index is 1.26. The molecule has 1 aliphatic rings. The fourth-order valence-corrected chi connectivity index (χ4v) is 4.26. The molecule has 0 aliphatic carbocycles. The number of hydrogen-bond donors (Lipinski definition) is 0. The van der Waals surface area contributed by atoms with Gasteiger partial charge < -0.3 is 14.0 Å². The van der Waals surface area contributed by atoms with E-state index in [1.54, 1.807) is 11.8 Å². The molecule has 0 saturated carbocycles. The molecule has 1 amide bonds. The van der Waals surface area contributed by atoms with Gasteiger partial charge >= 0.3 is 0 Å². The molecule has 1 aliphatic heterocycles. The predicted octanol–water partition coefficient (Wildman–Crippen LogP) is 2.70. The second kappa shape index (κ2) is 8.47. The van der Waals surface area contributed by atoms with Crippen molar-refractivity contribution in [3.05, 3.63) is 72.3 Å². The summed E-state index contributed by atoms with van der Waals surface area (Å²) in [6.45, 7) is 3.83. The largest absolute Gasteiger partial charge is 0.496 e. The van der Waals surface area contributed by atoms with Crippen molar-refractivity contribution in [1.29, 1.82) is 0 Å². The molecule has 1 saturated heterocycles. The summed E-state index contributed by atoms with van der Waals surface area (Å²) in [7, 11) is 3.45. The van der Waals surface area contributed by atoms with E-state index in [2.05, 4.69) is 19.4 Å². The second-order valence-corrected chi connectivity index (χ2v) is 7.99. The summed E-state index contributed by atoms with van der Waals surface area (Å²) in [6.07, 6.45) is 3.97. The van der Waals surface area contributed by atoms with Gasteiger partial charge in [-0.3, -0.25) is 14.4 Å². The minimum atomic E-state index is 0.00982. The van der Waals surface area contributed by atoms with Crippen LogP contribution in [0.1, 0.15) is 16.2 Å². The van der Waals surface area contributed by atoms with Crippen molar-refractivity contribution < 1.29 is 9.53 Å². The quantitative estimate of drug-likeness (QED) is 0.487. The lowest BCUT2D eigenvalue weighted by Crippen LogP contribution is -2.48. The summed E-state index contributed by atoms with van der Waals surface area (Å²) in [6, 6.07) is 15.6. The zero-order chi connectivity index (χ0) is 22.1. The number of carbonyl (C=O) groups excluding carboxylic acids is 1. The molecule has 1 fully saturated rings. The highest BCUT2D eigenvalue weighted by atomic mass is 16.5. The van der Waals surface area contributed by atoms with Crippen molar-refractivity contribution >= 4 is 11.6 Å². The molecule has 0 N–H and O–H groups in total. The molecule has 0 unspecified atom stereocenters. The number of piperazine rings is 1. The van der Waals surface area contributed by atoms with Crippen LogP contribution in [0.15, 0.2) is 60.9 Å². The molecule has 164 valence electrons. The van der Waals surface area contributed by atoms with Crippen LogP contribution >= 0.6 is 0 Å². The van der Waals surface area contributed by atoms with Crippen LogP contribution in [0.25, 0.3) is 16.9 Å². The molecule has 3 aromatic heterocycles. The van der Waals surface area contributed by atoms with Gasteiger partial charge in [-0.2, -0.15) is 5.10 Å². The van der Waals surface area contributed by atoms with E-state index in [0.717, 1.165) is 48.0 Å². The first-order valence-electron chi connectivity index (χ1n) is 10.7. The lowest BCUT2D eigenvalue weighted by atomic mass is 10.1. The van der Waals surface area contributed by atoms with E-state index >= 15 is 0 Å². The summed E-state index contributed by atoms with van der Waals surface area (Å²) in [5, 5.41) is 4.57. The molecule has 1 aromatic carbocycles. The first-order chi connectivity index (χ1) is 15.6. The van der Waals surface area contributed by atoms with Crippen molar-refractivity contribution in [1.82, 2.24) is 29.0 Å². The van der Waals surface area contributed by atoms with Crippen molar-refractivity contribution in [2.24, 2.45) is 7.05 Å². The maximum atomic E-state index is 13.2. The van der Waals surface area contributed by atoms with Gasteiger partial charge in [0.25, 0.3) is 5.91 Å². The standard InChI is InChI=1S/C24H26N6O2/c1-27-21(15-20(26-27)19-7-3-4-8-22(19)32-2)24(31)29-13-11-28(12-14-29)17-18-16-25-23-9-5-6-10-30(18)23/h3-10,15-16H,11-14,17H2,1-2H3. The number of nitrogens with zero attached hydrogens (tertiary/aromatic N) is 6. The van der Waals surface area contributed by atoms with E-state index in [-0.39, 0.29) is 5.91 Å². The van der Waals surface area contributed by atoms with Gasteiger partial charge in [-0.05, 0) is 30.3 Å². The first-order valence-corrected chi connectivity index (χ1v) is 10.7. The van der Waals surface area contributed by atoms with Crippen LogP contribution in [0, 0.1) is 0 Å². The third-order valence-electron chi connectivity index (χ3n) is 6.02. The molecular weight excluding hydrogens is 404 g/mol. The van der Waals surface area contributed by atoms with Gasteiger partial charge in [-0.1, -0.05) is 18.2 Å². The van der Waals surface area contributed by atoms with Crippen LogP contribution in [0.5, 0.6) is 5.75 Å². The van der Waals surface area contributed by atoms with Crippen LogP contribution in [-0.4, -0.2) is 68.2 Å². The fourth-order valence-electron chi connectivity index (χ4n) is 4.26. The Kier molecular flexibility index (Phi) is 5.36. The first kappa shape index (κ1) is 20.3. The molecule has 5 rings (SSSR count). The lowest BCUT2D eigenvalue weighted by Gasteiger charge is -2.34. The SMILES string of the molecule is COc1ccccc1-c1cc(C(=O)N2CCN(Cc3cnc4ccccn34)CC2)n(C)n1. The Bertz CT molecular complexity index is 1250. The molecule has 0 atom stereocenters. The summed E-state index contributed by atoms with van der Waals surface area (Å²) in [5.41, 5.74) is 4.31. The lowest BCUT2D eigenvalue weighted by molar-refractivity contribution is 0.0616. The average Bonchev–Trinajstić information content (AvgIpc) is 3.42. The Labute approximate surface area is 186 Å². The zero-order valence-corrected chi connectivity index (χ0v) is 18.3. The third kappa shape index (κ3) is 3.73. The van der Waals surface area contributed by atoms with E-state index in [0.29, 0.717) is 18.8 Å². The fraction of sp³-hybridized carbons (Fsp3) is 0.292. The van der Waals surface area contributed by atoms with Crippen LogP contribution in [0.2, 0.25) is 0 Å². The van der Waals surface area contributed by atoms with E-state index in [4.69, 9.17) is 4.74 Å². The highest BCUT2D eigenvalue weighted by Gasteiger charge is 2.25. The molecule has 8 heteroatoms. The molecule has 4 heterocycles. The van der Waals surface area contributed by atoms with E-state index < -0.39 is 0 Å². The smallest absolute Gasteiger partial charge is 0.272 e. The minimum Gasteiger partial charge on any atom is -0.496 e. The van der Waals surface area contributed by atoms with Gasteiger partial charge in [0.2, 0.25) is 0 Å². The van der Waals surface area contributed by atoms with Crippen LogP contribution in [0.3, 0.4) is 0 Å². The number of carbonyl (C=O) groups is 1. The summed E-state index contributed by atoms with van der Waals surface area (Å²) < 4.78 is 9.23. The maximum absolute atomic E-state index is 13.2. The number of para-hydroxylation sites is 1. The number of amides is 1. The molecule has 32 heavy (non-hydrogen) atoms. The number of aromatic nitrogens is 4. The highest BCUT2D eigenvalue weighted by Crippen LogP contribution is 2.29. The minimum absolute atomic E-state index is 0.00982. The highest BCUT2D eigenvalue weighted by molar-refractivity contribution is 5.94. The van der Waals surface area contributed by atoms with Crippen molar-refractivity contribution in [2.45, 2.75) is 6.54 Å². The number of pyridine rings is 1. The van der Waals surface area contributed by atoms with Gasteiger partial charge in [-0.25, -0.2) is 4.98 Å². The summed E-state index contributed by atoms with van der Waals surface area (Å²) in [4.78, 5) is 22.0. The van der Waals surface area contributed by atoms with Crippen molar-refractivity contribution in [2.75, 3.05) is 33.3 Å². The predicted molar refractivity (Wildman–Crippen MR) is 122 cm³/mol. The molecule has 0 spiro atoms. The third-order valence-corrected chi connectivity index (χ3v) is 6.02. The van der Waals surface area contributed by atoms with E-state index in [9.17, 15) is 4.79 Å². The Morgan fingerprint density at radius 2 is 1.84 bits per heavy atom. The molecular formula is C24H26N6O2. The monoisotopic (exact) mass is 430 g/mol. The van der Waals surface area contributed by atoms with Gasteiger partial charge in [0.15, 0.2) is 0 Å². The number of imidazole rings is 1. The van der Waals surface area contributed by atoms with Gasteiger partial charge in [0, 0.05) is 51.5 Å². The average molecular weight is 431 g/mol. The van der Waals surface area contributed by atoms with Crippen molar-refractivity contribution in [3.8, 4) is 17.0 Å². The Morgan fingerprint density at radius 1 is 1.06 bits per heavy atom. The van der Waals surface area contributed by atoms with Gasteiger partial charge in [0.05, 0.1) is 24.7 Å². The molecule has 0 radical (unpaired) electrons. The van der Waals surface area contributed by atoms with E-state index in [1.807, 2.05) is 72.9 Å². The number of benzene rings is 1. The number of hydrogen-bond acceptors (Lipinski definition) is 5. The molecule has 4 aromatic rings. The van der Waals surface area contributed by atoms with Crippen LogP contribution < -0.4 is 4.74 Å². The molecule has 8 nitrogen and oxygen atoms in total. The normalized spacial score (nSPS) is 14.8. The topological polar surface area (TPSA) is 67.9 Å². The van der Waals surface area contributed by atoms with Gasteiger partial charge in [0.1, 0.15) is 17.1 Å². The maximum Gasteiger partial charge on any atom is 0.272 e. The Morgan fingerprint density at radius 3 is 2.66 bits per heavy atom. The number of rotatable bonds is 5. The number of fused-ring (bicyclic) bond motifs is 1. The molecule has 0 bridgehead atoms. The number of ether oxygens (including phenoxy) is 1. The number of aryl methyl sites for hydroxylation is 1. The number of methoxy groups -OCH3 is 1. The van der Waals surface area contributed by atoms with Crippen LogP contribution in [0.4, 0.5) is 0 Å². The van der Waals surface area contributed by atoms with Gasteiger partial charge in [-0.15, -0.1) is 0 Å². The summed E-state index contributed by atoms with van der Waals surface area (Å²) >= 11 is 0.